The van der Waals surface area contributed by atoms with Crippen LogP contribution in [-0.2, 0) is 0 Å². The molecule has 0 aliphatic rings. The maximum absolute atomic E-state index is 10.8. The van der Waals surface area contributed by atoms with E-state index >= 15 is 0 Å². The third kappa shape index (κ3) is 1.97. The minimum atomic E-state index is -0.529. The number of aliphatic hydroxyl groups is 1. The van der Waals surface area contributed by atoms with Crippen LogP contribution < -0.4 is 4.90 Å². The van der Waals surface area contributed by atoms with Gasteiger partial charge >= 0.3 is 5.69 Å². The summed E-state index contributed by atoms with van der Waals surface area (Å²) in [6.45, 7) is 2.95. The minimum absolute atomic E-state index is 0.0163. The summed E-state index contributed by atoms with van der Waals surface area (Å²) in [5, 5.41) is 27.1. The second-order valence-corrected chi connectivity index (χ2v) is 3.63. The van der Waals surface area contributed by atoms with Crippen LogP contribution >= 0.6 is 0 Å². The van der Waals surface area contributed by atoms with Crippen LogP contribution in [0.25, 0.3) is 11.0 Å². The van der Waals surface area contributed by atoms with E-state index in [1.165, 1.54) is 6.07 Å². The third-order valence-corrected chi connectivity index (χ3v) is 2.66. The van der Waals surface area contributed by atoms with Gasteiger partial charge in [0.2, 0.25) is 5.52 Å². The number of anilines is 1. The van der Waals surface area contributed by atoms with Gasteiger partial charge in [0.05, 0.1) is 17.2 Å². The largest absolute Gasteiger partial charge is 0.395 e. The molecule has 1 heterocycles. The number of aromatic nitrogens is 2. The molecule has 2 rings (SSSR count). The second kappa shape index (κ2) is 4.96. The molecule has 0 saturated heterocycles. The molecule has 0 bridgehead atoms. The Bertz CT molecular complexity index is 568. The highest BCUT2D eigenvalue weighted by Crippen LogP contribution is 2.30. The lowest BCUT2D eigenvalue weighted by atomic mass is 10.2. The Labute approximate surface area is 102 Å². The van der Waals surface area contributed by atoms with Gasteiger partial charge in [-0.25, -0.2) is 4.63 Å². The Morgan fingerprint density at radius 2 is 2.17 bits per heavy atom. The van der Waals surface area contributed by atoms with E-state index < -0.39 is 4.92 Å². The monoisotopic (exact) mass is 252 g/mol. The highest BCUT2D eigenvalue weighted by molar-refractivity contribution is 5.93. The number of nitrogens with zero attached hydrogens (tertiary/aromatic N) is 4. The molecule has 8 heteroatoms. The first-order valence-corrected chi connectivity index (χ1v) is 5.44. The van der Waals surface area contributed by atoms with Crippen molar-refractivity contribution in [3.63, 3.8) is 0 Å². The van der Waals surface area contributed by atoms with E-state index in [4.69, 9.17) is 5.11 Å². The summed E-state index contributed by atoms with van der Waals surface area (Å²) in [5.41, 5.74) is 0.969. The van der Waals surface area contributed by atoms with Gasteiger partial charge in [0.25, 0.3) is 0 Å². The van der Waals surface area contributed by atoms with Crippen LogP contribution in [0, 0.1) is 10.1 Å². The Morgan fingerprint density at radius 1 is 1.44 bits per heavy atom. The number of hydrogen-bond donors (Lipinski definition) is 1. The summed E-state index contributed by atoms with van der Waals surface area (Å²) in [5.74, 6) is 0. The molecule has 0 spiro atoms. The zero-order valence-electron chi connectivity index (χ0n) is 9.74. The number of benzene rings is 1. The van der Waals surface area contributed by atoms with Gasteiger partial charge in [0.1, 0.15) is 0 Å². The lowest BCUT2D eigenvalue weighted by Crippen LogP contribution is -2.26. The maximum Gasteiger partial charge on any atom is 0.300 e. The Morgan fingerprint density at radius 3 is 2.78 bits per heavy atom. The predicted octanol–water partition coefficient (Wildman–Crippen LogP) is 0.950. The van der Waals surface area contributed by atoms with Crippen LogP contribution in [0.5, 0.6) is 0 Å². The molecular weight excluding hydrogens is 240 g/mol. The fraction of sp³-hybridized carbons (Fsp3) is 0.400. The van der Waals surface area contributed by atoms with Crippen molar-refractivity contribution in [2.75, 3.05) is 24.6 Å². The van der Waals surface area contributed by atoms with Gasteiger partial charge in [-0.2, -0.15) is 0 Å². The smallest absolute Gasteiger partial charge is 0.300 e. The number of rotatable bonds is 5. The van der Waals surface area contributed by atoms with E-state index in [2.05, 4.69) is 14.9 Å². The van der Waals surface area contributed by atoms with Crippen LogP contribution in [0.4, 0.5) is 11.4 Å². The first-order chi connectivity index (χ1) is 8.69. The van der Waals surface area contributed by atoms with Crippen LogP contribution in [0.3, 0.4) is 0 Å². The van der Waals surface area contributed by atoms with Crippen LogP contribution in [-0.4, -0.2) is 40.0 Å². The number of nitro groups is 1. The number of non-ortho nitro benzene ring substituents is 1. The van der Waals surface area contributed by atoms with Crippen molar-refractivity contribution in [1.29, 1.82) is 0 Å². The molecule has 0 atom stereocenters. The average molecular weight is 252 g/mol. The summed E-state index contributed by atoms with van der Waals surface area (Å²) in [7, 11) is 0. The number of aliphatic hydroxyl groups excluding tert-OH is 1. The topological polar surface area (TPSA) is 106 Å². The summed E-state index contributed by atoms with van der Waals surface area (Å²) in [6, 6.07) is 2.95. The summed E-state index contributed by atoms with van der Waals surface area (Å²) in [4.78, 5) is 12.1. The molecule has 0 amide bonds. The number of likely N-dealkylation sites (N-methyl/N-ethyl adjacent to an activating group) is 1. The van der Waals surface area contributed by atoms with Gasteiger partial charge in [-0.1, -0.05) is 0 Å². The van der Waals surface area contributed by atoms with Crippen molar-refractivity contribution >= 4 is 22.4 Å². The zero-order chi connectivity index (χ0) is 13.1. The molecule has 0 radical (unpaired) electrons. The van der Waals surface area contributed by atoms with Crippen molar-refractivity contribution in [3.05, 3.63) is 22.2 Å². The molecule has 0 fully saturated rings. The normalized spacial score (nSPS) is 10.8. The summed E-state index contributed by atoms with van der Waals surface area (Å²) < 4.78 is 4.58. The average Bonchev–Trinajstić information content (AvgIpc) is 2.83. The van der Waals surface area contributed by atoms with E-state index in [9.17, 15) is 10.1 Å². The predicted molar refractivity (Wildman–Crippen MR) is 63.4 cm³/mol. The highest BCUT2D eigenvalue weighted by Gasteiger charge is 2.21. The zero-order valence-corrected chi connectivity index (χ0v) is 9.74. The quantitative estimate of drug-likeness (QED) is 0.623. The van der Waals surface area contributed by atoms with Crippen molar-refractivity contribution < 1.29 is 14.7 Å². The van der Waals surface area contributed by atoms with E-state index in [1.54, 1.807) is 6.07 Å². The lowest BCUT2D eigenvalue weighted by molar-refractivity contribution is -0.383. The SMILES string of the molecule is CCN(CCO)c1ccc([N+](=O)[O-])c2nonc12. The number of hydrogen-bond acceptors (Lipinski definition) is 7. The highest BCUT2D eigenvalue weighted by atomic mass is 16.6. The Kier molecular flexibility index (Phi) is 3.38. The van der Waals surface area contributed by atoms with Gasteiger partial charge in [-0.15, -0.1) is 0 Å². The van der Waals surface area contributed by atoms with Crippen molar-refractivity contribution in [3.8, 4) is 0 Å². The molecule has 1 aromatic carbocycles. The van der Waals surface area contributed by atoms with E-state index in [-0.39, 0.29) is 17.8 Å². The van der Waals surface area contributed by atoms with Gasteiger partial charge in [-0.05, 0) is 23.3 Å². The summed E-state index contributed by atoms with van der Waals surface area (Å²) in [6.07, 6.45) is 0. The minimum Gasteiger partial charge on any atom is -0.395 e. The van der Waals surface area contributed by atoms with Crippen molar-refractivity contribution in [2.45, 2.75) is 6.92 Å². The first-order valence-electron chi connectivity index (χ1n) is 5.44. The van der Waals surface area contributed by atoms with Gasteiger partial charge in [0.15, 0.2) is 5.52 Å². The van der Waals surface area contributed by atoms with E-state index in [0.29, 0.717) is 24.3 Å². The Balaban J connectivity index is 2.56. The molecular formula is C10H12N4O4. The fourth-order valence-electron chi connectivity index (χ4n) is 1.81. The van der Waals surface area contributed by atoms with Crippen LogP contribution in [0.1, 0.15) is 6.92 Å². The molecule has 18 heavy (non-hydrogen) atoms. The van der Waals surface area contributed by atoms with Crippen molar-refractivity contribution in [1.82, 2.24) is 10.3 Å². The Hall–Kier alpha value is -2.22. The molecule has 8 nitrogen and oxygen atoms in total. The molecule has 96 valence electrons. The molecule has 0 aliphatic heterocycles. The molecule has 0 aliphatic carbocycles. The second-order valence-electron chi connectivity index (χ2n) is 3.63. The van der Waals surface area contributed by atoms with E-state index in [1.807, 2.05) is 11.8 Å². The molecule has 0 saturated carbocycles. The molecule has 2 aromatic rings. The molecule has 1 N–H and O–H groups in total. The van der Waals surface area contributed by atoms with Gasteiger partial charge < -0.3 is 10.0 Å². The third-order valence-electron chi connectivity index (χ3n) is 2.66. The van der Waals surface area contributed by atoms with Crippen LogP contribution in [0.15, 0.2) is 16.8 Å². The summed E-state index contributed by atoms with van der Waals surface area (Å²) >= 11 is 0. The molecule has 1 aromatic heterocycles. The first kappa shape index (κ1) is 12.2. The van der Waals surface area contributed by atoms with Crippen molar-refractivity contribution in [2.24, 2.45) is 0 Å². The maximum atomic E-state index is 10.8. The van der Waals surface area contributed by atoms with Crippen LogP contribution in [0.2, 0.25) is 0 Å². The van der Waals surface area contributed by atoms with Gasteiger partial charge in [0, 0.05) is 19.2 Å². The fourth-order valence-corrected chi connectivity index (χ4v) is 1.81. The lowest BCUT2D eigenvalue weighted by Gasteiger charge is -2.21. The van der Waals surface area contributed by atoms with Gasteiger partial charge in [-0.3, -0.25) is 10.1 Å². The number of fused-ring (bicyclic) bond motifs is 1. The number of nitro benzene ring substituents is 1. The van der Waals surface area contributed by atoms with E-state index in [0.717, 1.165) is 0 Å². The standard InChI is InChI=1S/C10H12N4O4/c1-2-13(5-6-15)7-3-4-8(14(16)17)10-9(7)11-18-12-10/h3-4,15H,2,5-6H2,1H3. The molecule has 0 unspecified atom stereocenters.